The van der Waals surface area contributed by atoms with Gasteiger partial charge in [-0.3, -0.25) is 0 Å². The molecule has 0 bridgehead atoms. The van der Waals surface area contributed by atoms with E-state index in [2.05, 4.69) is 15.9 Å². The van der Waals surface area contributed by atoms with Crippen LogP contribution < -0.4 is 4.74 Å². The number of carbonyl (C=O) groups excluding carboxylic acids is 1. The molecule has 5 heteroatoms. The summed E-state index contributed by atoms with van der Waals surface area (Å²) < 4.78 is 11.4. The summed E-state index contributed by atoms with van der Waals surface area (Å²) in [6.07, 6.45) is 1.59. The molecule has 0 N–H and O–H groups in total. The predicted octanol–water partition coefficient (Wildman–Crippen LogP) is 4.50. The number of rotatable bonds is 6. The molecule has 0 atom stereocenters. The highest BCUT2D eigenvalue weighted by Gasteiger charge is 2.12. The second-order valence-corrected chi connectivity index (χ2v) is 5.87. The summed E-state index contributed by atoms with van der Waals surface area (Å²) in [6.45, 7) is 0.412. The number of methoxy groups -OCH3 is 1. The quantitative estimate of drug-likeness (QED) is 0.542. The minimum Gasteiger partial charge on any atom is -0.488 e. The van der Waals surface area contributed by atoms with Gasteiger partial charge in [0.05, 0.1) is 25.2 Å². The maximum Gasteiger partial charge on any atom is 0.334 e. The molecule has 24 heavy (non-hydrogen) atoms. The minimum atomic E-state index is -0.523. The van der Waals surface area contributed by atoms with Crippen LogP contribution in [0.2, 0.25) is 0 Å². The van der Waals surface area contributed by atoms with Crippen molar-refractivity contribution in [1.29, 1.82) is 5.26 Å². The fourth-order valence-electron chi connectivity index (χ4n) is 2.08. The first-order valence-corrected chi connectivity index (χ1v) is 8.05. The second kappa shape index (κ2) is 8.90. The number of esters is 1. The van der Waals surface area contributed by atoms with E-state index in [0.29, 0.717) is 17.9 Å². The Balaban J connectivity index is 2.29. The molecule has 0 aromatic heterocycles. The Bertz CT molecular complexity index is 779. The second-order valence-electron chi connectivity index (χ2n) is 4.95. The minimum absolute atomic E-state index is 0.0304. The fourth-order valence-corrected chi connectivity index (χ4v) is 2.46. The lowest BCUT2D eigenvalue weighted by Gasteiger charge is -2.11. The highest BCUT2D eigenvalue weighted by Crippen LogP contribution is 2.27. The zero-order valence-corrected chi connectivity index (χ0v) is 14.7. The van der Waals surface area contributed by atoms with Gasteiger partial charge in [0.15, 0.2) is 0 Å². The Kier molecular flexibility index (Phi) is 6.59. The van der Waals surface area contributed by atoms with Crippen LogP contribution in [0.4, 0.5) is 0 Å². The Hall–Kier alpha value is -2.58. The molecule has 0 aliphatic rings. The average molecular weight is 386 g/mol. The van der Waals surface area contributed by atoms with Crippen molar-refractivity contribution in [1.82, 2.24) is 0 Å². The first kappa shape index (κ1) is 17.8. The van der Waals surface area contributed by atoms with Gasteiger partial charge in [-0.2, -0.15) is 5.26 Å². The van der Waals surface area contributed by atoms with E-state index in [-0.39, 0.29) is 12.0 Å². The number of benzene rings is 2. The number of nitriles is 1. The highest BCUT2D eigenvalue weighted by molar-refractivity contribution is 9.10. The molecule has 0 spiro atoms. The largest absolute Gasteiger partial charge is 0.488 e. The molecule has 0 fully saturated rings. The Morgan fingerprint density at radius 1 is 1.25 bits per heavy atom. The number of carbonyl (C=O) groups is 1. The summed E-state index contributed by atoms with van der Waals surface area (Å²) in [5.41, 5.74) is 2.03. The molecule has 4 nitrogen and oxygen atoms in total. The maximum absolute atomic E-state index is 11.8. The molecule has 0 amide bonds. The summed E-state index contributed by atoms with van der Waals surface area (Å²) >= 11 is 3.41. The van der Waals surface area contributed by atoms with Crippen LogP contribution in [0.1, 0.15) is 17.5 Å². The number of halogens is 1. The third kappa shape index (κ3) is 4.97. The Labute approximate surface area is 149 Å². The lowest BCUT2D eigenvalue weighted by Crippen LogP contribution is -2.04. The molecule has 2 aromatic rings. The van der Waals surface area contributed by atoms with E-state index in [9.17, 15) is 4.79 Å². The Morgan fingerprint density at radius 3 is 2.67 bits per heavy atom. The summed E-state index contributed by atoms with van der Waals surface area (Å²) in [6, 6.07) is 17.3. The van der Waals surface area contributed by atoms with Crippen LogP contribution in [-0.4, -0.2) is 13.1 Å². The summed E-state index contributed by atoms with van der Waals surface area (Å²) in [7, 11) is 1.29. The number of nitrogens with zero attached hydrogens (tertiary/aromatic N) is 1. The number of hydrogen-bond acceptors (Lipinski definition) is 4. The first-order valence-electron chi connectivity index (χ1n) is 7.26. The molecule has 0 unspecified atom stereocenters. The van der Waals surface area contributed by atoms with Crippen molar-refractivity contribution in [3.05, 3.63) is 69.7 Å². The summed E-state index contributed by atoms with van der Waals surface area (Å²) in [5.74, 6) is 0.104. The van der Waals surface area contributed by atoms with Crippen LogP contribution in [0, 0.1) is 11.3 Å². The zero-order valence-electron chi connectivity index (χ0n) is 13.2. The van der Waals surface area contributed by atoms with Gasteiger partial charge in [0.25, 0.3) is 0 Å². The van der Waals surface area contributed by atoms with Gasteiger partial charge in [0, 0.05) is 10.0 Å². The van der Waals surface area contributed by atoms with E-state index in [1.807, 2.05) is 54.6 Å². The summed E-state index contributed by atoms with van der Waals surface area (Å²) in [4.78, 5) is 11.8. The molecular formula is C19H16BrNO3. The standard InChI is InChI=1S/C19H16BrNO3/c1-23-19(22)15(9-10-21)11-16-12-17(20)7-8-18(16)24-13-14-5-3-2-4-6-14/h2-8,11-12H,9,13H2,1H3/b15-11+. The van der Waals surface area contributed by atoms with E-state index in [1.54, 1.807) is 6.08 Å². The molecule has 0 radical (unpaired) electrons. The van der Waals surface area contributed by atoms with E-state index in [4.69, 9.17) is 14.7 Å². The van der Waals surface area contributed by atoms with E-state index < -0.39 is 5.97 Å². The maximum atomic E-state index is 11.8. The van der Waals surface area contributed by atoms with Crippen molar-refractivity contribution in [2.75, 3.05) is 7.11 Å². The normalized spacial score (nSPS) is 10.8. The van der Waals surface area contributed by atoms with Crippen LogP contribution >= 0.6 is 15.9 Å². The van der Waals surface area contributed by atoms with Crippen LogP contribution in [0.15, 0.2) is 58.6 Å². The number of hydrogen-bond donors (Lipinski definition) is 0. The van der Waals surface area contributed by atoms with Gasteiger partial charge in [-0.1, -0.05) is 46.3 Å². The molecule has 0 saturated heterocycles. The van der Waals surface area contributed by atoms with Crippen LogP contribution in [0.25, 0.3) is 6.08 Å². The molecule has 2 rings (SSSR count). The molecule has 2 aromatic carbocycles. The topological polar surface area (TPSA) is 59.3 Å². The highest BCUT2D eigenvalue weighted by atomic mass is 79.9. The lowest BCUT2D eigenvalue weighted by atomic mass is 10.1. The average Bonchev–Trinajstić information content (AvgIpc) is 2.61. The van der Waals surface area contributed by atoms with Gasteiger partial charge in [0.1, 0.15) is 12.4 Å². The third-order valence-corrected chi connectivity index (χ3v) is 3.75. The summed E-state index contributed by atoms with van der Waals surface area (Å²) in [5, 5.41) is 8.90. The van der Waals surface area contributed by atoms with Crippen molar-refractivity contribution >= 4 is 28.0 Å². The van der Waals surface area contributed by atoms with E-state index in [1.165, 1.54) is 7.11 Å². The van der Waals surface area contributed by atoms with Crippen LogP contribution in [-0.2, 0) is 16.1 Å². The van der Waals surface area contributed by atoms with Crippen molar-refractivity contribution in [2.45, 2.75) is 13.0 Å². The van der Waals surface area contributed by atoms with Gasteiger partial charge in [-0.05, 0) is 29.8 Å². The Morgan fingerprint density at radius 2 is 2.00 bits per heavy atom. The molecular weight excluding hydrogens is 370 g/mol. The fraction of sp³-hybridized carbons (Fsp3) is 0.158. The molecule has 122 valence electrons. The smallest absolute Gasteiger partial charge is 0.334 e. The van der Waals surface area contributed by atoms with Crippen molar-refractivity contribution < 1.29 is 14.3 Å². The molecule has 0 aliphatic carbocycles. The zero-order chi connectivity index (χ0) is 17.4. The molecule has 0 saturated carbocycles. The van der Waals surface area contributed by atoms with Crippen molar-refractivity contribution in [3.8, 4) is 11.8 Å². The lowest BCUT2D eigenvalue weighted by molar-refractivity contribution is -0.136. The molecule has 0 heterocycles. The van der Waals surface area contributed by atoms with Gasteiger partial charge in [0.2, 0.25) is 0 Å². The van der Waals surface area contributed by atoms with Gasteiger partial charge >= 0.3 is 5.97 Å². The van der Waals surface area contributed by atoms with Gasteiger partial charge in [-0.15, -0.1) is 0 Å². The van der Waals surface area contributed by atoms with E-state index in [0.717, 1.165) is 10.0 Å². The SMILES string of the molecule is COC(=O)/C(=C/c1cc(Br)ccc1OCc1ccccc1)CC#N. The van der Waals surface area contributed by atoms with E-state index >= 15 is 0 Å². The number of ether oxygens (including phenoxy) is 2. The third-order valence-electron chi connectivity index (χ3n) is 3.26. The monoisotopic (exact) mass is 385 g/mol. The predicted molar refractivity (Wildman–Crippen MR) is 95.1 cm³/mol. The van der Waals surface area contributed by atoms with Gasteiger partial charge in [-0.25, -0.2) is 4.79 Å². The van der Waals surface area contributed by atoms with Crippen molar-refractivity contribution in [3.63, 3.8) is 0 Å². The van der Waals surface area contributed by atoms with Gasteiger partial charge < -0.3 is 9.47 Å². The van der Waals surface area contributed by atoms with Crippen LogP contribution in [0.5, 0.6) is 5.75 Å². The molecule has 0 aliphatic heterocycles. The first-order chi connectivity index (χ1) is 11.6. The van der Waals surface area contributed by atoms with Crippen LogP contribution in [0.3, 0.4) is 0 Å². The van der Waals surface area contributed by atoms with Crippen molar-refractivity contribution in [2.24, 2.45) is 0 Å².